The molecule has 0 bridgehead atoms. The molecule has 1 rings (SSSR count). The Morgan fingerprint density at radius 3 is 2.85 bits per heavy atom. The SMILES string of the molecule is O=Cc1ccc(O)c(C=CCS)c1. The second-order valence-corrected chi connectivity index (χ2v) is 2.89. The minimum atomic E-state index is 0.170. The number of thiol groups is 1. The summed E-state index contributed by atoms with van der Waals surface area (Å²) in [5.41, 5.74) is 1.19. The van der Waals surface area contributed by atoms with Gasteiger partial charge in [0.05, 0.1) is 0 Å². The molecule has 3 heteroatoms. The van der Waals surface area contributed by atoms with Gasteiger partial charge < -0.3 is 5.11 Å². The van der Waals surface area contributed by atoms with Gasteiger partial charge in [0.1, 0.15) is 12.0 Å². The predicted molar refractivity (Wildman–Crippen MR) is 56.4 cm³/mol. The summed E-state index contributed by atoms with van der Waals surface area (Å²) in [5, 5.41) is 9.36. The molecular formula is C10H10O2S. The van der Waals surface area contributed by atoms with Gasteiger partial charge in [0.25, 0.3) is 0 Å². The molecule has 68 valence electrons. The van der Waals surface area contributed by atoms with Crippen molar-refractivity contribution in [3.63, 3.8) is 0 Å². The Kier molecular flexibility index (Phi) is 3.58. The zero-order valence-corrected chi connectivity index (χ0v) is 7.87. The molecule has 0 atom stereocenters. The van der Waals surface area contributed by atoms with Crippen LogP contribution in [0.25, 0.3) is 6.08 Å². The molecule has 1 N–H and O–H groups in total. The predicted octanol–water partition coefficient (Wildman–Crippen LogP) is 2.15. The summed E-state index contributed by atoms with van der Waals surface area (Å²) in [4.78, 5) is 10.4. The highest BCUT2D eigenvalue weighted by Gasteiger charge is 1.97. The van der Waals surface area contributed by atoms with Gasteiger partial charge in [-0.25, -0.2) is 0 Å². The highest BCUT2D eigenvalue weighted by atomic mass is 32.1. The number of aldehydes is 1. The van der Waals surface area contributed by atoms with E-state index >= 15 is 0 Å². The monoisotopic (exact) mass is 194 g/mol. The number of carbonyl (C=O) groups is 1. The minimum absolute atomic E-state index is 0.170. The van der Waals surface area contributed by atoms with Crippen LogP contribution < -0.4 is 0 Å². The smallest absolute Gasteiger partial charge is 0.150 e. The third kappa shape index (κ3) is 2.63. The first kappa shape index (κ1) is 9.86. The van der Waals surface area contributed by atoms with Crippen molar-refractivity contribution in [1.82, 2.24) is 0 Å². The standard InChI is InChI=1S/C10H10O2S/c11-7-8-3-4-10(12)9(6-8)2-1-5-13/h1-4,6-7,12-13H,5H2. The van der Waals surface area contributed by atoms with Crippen LogP contribution in [0.5, 0.6) is 5.75 Å². The quantitative estimate of drug-likeness (QED) is 0.571. The van der Waals surface area contributed by atoms with Crippen LogP contribution >= 0.6 is 12.6 Å². The number of aromatic hydroxyl groups is 1. The van der Waals surface area contributed by atoms with E-state index in [0.29, 0.717) is 16.9 Å². The number of benzene rings is 1. The van der Waals surface area contributed by atoms with Crippen LogP contribution in [-0.2, 0) is 0 Å². The molecule has 2 nitrogen and oxygen atoms in total. The van der Waals surface area contributed by atoms with Crippen molar-refractivity contribution < 1.29 is 9.90 Å². The number of hydrogen-bond donors (Lipinski definition) is 2. The summed E-state index contributed by atoms with van der Waals surface area (Å²) in [6.07, 6.45) is 4.28. The van der Waals surface area contributed by atoms with Gasteiger partial charge in [-0.05, 0) is 18.2 Å². The van der Waals surface area contributed by atoms with Gasteiger partial charge in [-0.3, -0.25) is 4.79 Å². The molecule has 0 spiro atoms. The van der Waals surface area contributed by atoms with Gasteiger partial charge in [-0.1, -0.05) is 12.2 Å². The lowest BCUT2D eigenvalue weighted by atomic mass is 10.1. The van der Waals surface area contributed by atoms with Crippen molar-refractivity contribution in [1.29, 1.82) is 0 Å². The molecule has 0 heterocycles. The maximum absolute atomic E-state index is 10.4. The van der Waals surface area contributed by atoms with E-state index in [-0.39, 0.29) is 5.75 Å². The lowest BCUT2D eigenvalue weighted by Gasteiger charge is -1.98. The number of hydrogen-bond acceptors (Lipinski definition) is 3. The molecule has 0 amide bonds. The zero-order valence-electron chi connectivity index (χ0n) is 6.97. The Morgan fingerprint density at radius 2 is 2.23 bits per heavy atom. The van der Waals surface area contributed by atoms with Crippen molar-refractivity contribution >= 4 is 25.0 Å². The van der Waals surface area contributed by atoms with Crippen LogP contribution in [0.3, 0.4) is 0 Å². The van der Waals surface area contributed by atoms with E-state index in [1.54, 1.807) is 24.3 Å². The van der Waals surface area contributed by atoms with Crippen molar-refractivity contribution in [2.24, 2.45) is 0 Å². The van der Waals surface area contributed by atoms with Crippen molar-refractivity contribution in [3.05, 3.63) is 35.4 Å². The van der Waals surface area contributed by atoms with E-state index in [9.17, 15) is 9.90 Å². The number of carbonyl (C=O) groups excluding carboxylic acids is 1. The summed E-state index contributed by atoms with van der Waals surface area (Å²) >= 11 is 4.00. The van der Waals surface area contributed by atoms with E-state index in [4.69, 9.17) is 0 Å². The van der Waals surface area contributed by atoms with E-state index in [0.717, 1.165) is 6.29 Å². The Labute approximate surface area is 82.3 Å². The fraction of sp³-hybridized carbons (Fsp3) is 0.100. The van der Waals surface area contributed by atoms with Gasteiger partial charge in [0, 0.05) is 16.9 Å². The van der Waals surface area contributed by atoms with Gasteiger partial charge in [-0.2, -0.15) is 12.6 Å². The molecule has 0 saturated heterocycles. The summed E-state index contributed by atoms with van der Waals surface area (Å²) in [6, 6.07) is 4.70. The molecule has 1 aromatic carbocycles. The largest absolute Gasteiger partial charge is 0.507 e. The van der Waals surface area contributed by atoms with Crippen molar-refractivity contribution in [3.8, 4) is 5.75 Å². The maximum atomic E-state index is 10.4. The Balaban J connectivity index is 3.03. The summed E-state index contributed by atoms with van der Waals surface area (Å²) in [6.45, 7) is 0. The Morgan fingerprint density at radius 1 is 1.46 bits per heavy atom. The fourth-order valence-corrected chi connectivity index (χ4v) is 1.06. The van der Waals surface area contributed by atoms with Gasteiger partial charge >= 0.3 is 0 Å². The first-order valence-electron chi connectivity index (χ1n) is 3.83. The summed E-state index contributed by atoms with van der Waals surface area (Å²) in [5.74, 6) is 0.772. The normalized spacial score (nSPS) is 10.5. The Hall–Kier alpha value is -1.22. The molecule has 13 heavy (non-hydrogen) atoms. The molecule has 0 fully saturated rings. The number of phenols is 1. The number of rotatable bonds is 3. The van der Waals surface area contributed by atoms with Crippen LogP contribution in [0.1, 0.15) is 15.9 Å². The van der Waals surface area contributed by atoms with Crippen LogP contribution in [0.4, 0.5) is 0 Å². The molecule has 0 aliphatic heterocycles. The average Bonchev–Trinajstić information content (AvgIpc) is 2.17. The Bertz CT molecular complexity index is 332. The molecule has 0 aliphatic rings. The lowest BCUT2D eigenvalue weighted by Crippen LogP contribution is -1.81. The molecule has 0 unspecified atom stereocenters. The topological polar surface area (TPSA) is 37.3 Å². The number of phenolic OH excluding ortho intramolecular Hbond substituents is 1. The summed E-state index contributed by atoms with van der Waals surface area (Å²) < 4.78 is 0. The van der Waals surface area contributed by atoms with Crippen LogP contribution in [-0.4, -0.2) is 17.1 Å². The molecule has 1 aromatic rings. The summed E-state index contributed by atoms with van der Waals surface area (Å²) in [7, 11) is 0. The van der Waals surface area contributed by atoms with E-state index < -0.39 is 0 Å². The van der Waals surface area contributed by atoms with Crippen molar-refractivity contribution in [2.75, 3.05) is 5.75 Å². The van der Waals surface area contributed by atoms with Gasteiger partial charge in [0.15, 0.2) is 0 Å². The molecular weight excluding hydrogens is 184 g/mol. The third-order valence-electron chi connectivity index (χ3n) is 1.59. The molecule has 0 radical (unpaired) electrons. The molecule has 0 saturated carbocycles. The second-order valence-electron chi connectivity index (χ2n) is 2.52. The van der Waals surface area contributed by atoms with Gasteiger partial charge in [0.2, 0.25) is 0 Å². The first-order chi connectivity index (χ1) is 6.27. The van der Waals surface area contributed by atoms with E-state index in [1.807, 2.05) is 0 Å². The van der Waals surface area contributed by atoms with E-state index in [2.05, 4.69) is 12.6 Å². The van der Waals surface area contributed by atoms with Crippen molar-refractivity contribution in [2.45, 2.75) is 0 Å². The lowest BCUT2D eigenvalue weighted by molar-refractivity contribution is 0.112. The van der Waals surface area contributed by atoms with Crippen LogP contribution in [0.2, 0.25) is 0 Å². The first-order valence-corrected chi connectivity index (χ1v) is 4.46. The minimum Gasteiger partial charge on any atom is -0.507 e. The average molecular weight is 194 g/mol. The highest BCUT2D eigenvalue weighted by Crippen LogP contribution is 2.19. The zero-order chi connectivity index (χ0) is 9.68. The van der Waals surface area contributed by atoms with Crippen LogP contribution in [0, 0.1) is 0 Å². The second kappa shape index (κ2) is 4.72. The molecule has 0 aromatic heterocycles. The molecule has 0 aliphatic carbocycles. The highest BCUT2D eigenvalue weighted by molar-refractivity contribution is 7.80. The van der Waals surface area contributed by atoms with Crippen LogP contribution in [0.15, 0.2) is 24.3 Å². The third-order valence-corrected chi connectivity index (χ3v) is 1.80. The maximum Gasteiger partial charge on any atom is 0.150 e. The van der Waals surface area contributed by atoms with E-state index in [1.165, 1.54) is 6.07 Å². The van der Waals surface area contributed by atoms with Gasteiger partial charge in [-0.15, -0.1) is 0 Å². The fourth-order valence-electron chi connectivity index (χ4n) is 0.959.